The number of amides is 2. The Labute approximate surface area is 285 Å². The Morgan fingerprint density at radius 2 is 1.31 bits per heavy atom. The molecule has 0 radical (unpaired) electrons. The van der Waals surface area contributed by atoms with Gasteiger partial charge in [0.1, 0.15) is 23.9 Å². The van der Waals surface area contributed by atoms with Gasteiger partial charge in [0.25, 0.3) is 11.8 Å². The first-order valence-electron chi connectivity index (χ1n) is 16.0. The zero-order chi connectivity index (χ0) is 34.1. The first kappa shape index (κ1) is 31.4. The predicted molar refractivity (Wildman–Crippen MR) is 191 cm³/mol. The van der Waals surface area contributed by atoms with Crippen molar-refractivity contribution in [1.29, 1.82) is 0 Å². The molecule has 4 aromatic carbocycles. The molecule has 0 spiro atoms. The number of fused-ring (bicyclic) bond motifs is 1. The number of methoxy groups -OCH3 is 2. The molecule has 0 saturated carbocycles. The maximum absolute atomic E-state index is 12.8. The number of aromatic nitrogens is 1. The molecule has 5 aromatic rings. The standard InChI is InChI=1S/C41H35N3O5/c1-25-23-31(49-22-21-44-40(45)32-7-5-6-8-33(32)41(44)46)24-26(2)38(25)39(36-19-17-34(42-36)27-9-13-29(47-3)14-10-27)37-20-18-35(43-37)28-11-15-30(48-4)16-12-28/h5-20,23-24,42H,21-22H2,1-4H3. The quantitative estimate of drug-likeness (QED) is 0.156. The van der Waals surface area contributed by atoms with Crippen LogP contribution in [0.3, 0.4) is 0 Å². The van der Waals surface area contributed by atoms with E-state index >= 15 is 0 Å². The summed E-state index contributed by atoms with van der Waals surface area (Å²) in [5.41, 5.74) is 10.5. The number of aromatic amines is 1. The number of imide groups is 1. The average Bonchev–Trinajstić information content (AvgIpc) is 3.87. The molecule has 7 rings (SSSR count). The fourth-order valence-electron chi connectivity index (χ4n) is 6.40. The Morgan fingerprint density at radius 1 is 0.714 bits per heavy atom. The second kappa shape index (κ2) is 13.2. The molecule has 8 nitrogen and oxygen atoms in total. The summed E-state index contributed by atoms with van der Waals surface area (Å²) in [4.78, 5) is 35.6. The van der Waals surface area contributed by atoms with Crippen molar-refractivity contribution in [2.24, 2.45) is 4.99 Å². The van der Waals surface area contributed by atoms with Gasteiger partial charge in [-0.2, -0.15) is 0 Å². The number of nitrogens with one attached hydrogen (secondary N) is 1. The molecule has 8 heteroatoms. The van der Waals surface area contributed by atoms with Crippen LogP contribution < -0.4 is 14.2 Å². The third kappa shape index (κ3) is 6.05. The van der Waals surface area contributed by atoms with Crippen LogP contribution in [0.15, 0.2) is 120 Å². The van der Waals surface area contributed by atoms with E-state index in [4.69, 9.17) is 19.2 Å². The minimum Gasteiger partial charge on any atom is -0.497 e. The van der Waals surface area contributed by atoms with Crippen molar-refractivity contribution in [3.05, 3.63) is 154 Å². The van der Waals surface area contributed by atoms with Crippen molar-refractivity contribution >= 4 is 23.1 Å². The largest absolute Gasteiger partial charge is 0.497 e. The fraction of sp³-hybridized carbons (Fsp3) is 0.146. The molecule has 1 N–H and O–H groups in total. The van der Waals surface area contributed by atoms with Gasteiger partial charge < -0.3 is 19.2 Å². The van der Waals surface area contributed by atoms with Gasteiger partial charge in [-0.05, 0) is 133 Å². The molecule has 2 aliphatic rings. The maximum Gasteiger partial charge on any atom is 0.261 e. The van der Waals surface area contributed by atoms with E-state index in [1.165, 1.54) is 4.90 Å². The molecule has 49 heavy (non-hydrogen) atoms. The molecule has 3 heterocycles. The summed E-state index contributed by atoms with van der Waals surface area (Å²) >= 11 is 0. The highest BCUT2D eigenvalue weighted by molar-refractivity contribution is 6.21. The zero-order valence-electron chi connectivity index (χ0n) is 27.7. The van der Waals surface area contributed by atoms with Gasteiger partial charge in [0, 0.05) is 22.5 Å². The highest BCUT2D eigenvalue weighted by atomic mass is 16.5. The van der Waals surface area contributed by atoms with Crippen LogP contribution in [-0.2, 0) is 0 Å². The third-order valence-corrected chi connectivity index (χ3v) is 8.86. The Bertz CT molecular complexity index is 2110. The highest BCUT2D eigenvalue weighted by Crippen LogP contribution is 2.37. The van der Waals surface area contributed by atoms with Gasteiger partial charge in [-0.25, -0.2) is 4.99 Å². The van der Waals surface area contributed by atoms with Gasteiger partial charge in [-0.15, -0.1) is 0 Å². The third-order valence-electron chi connectivity index (χ3n) is 8.86. The van der Waals surface area contributed by atoms with Gasteiger partial charge in [0.15, 0.2) is 0 Å². The molecule has 0 saturated heterocycles. The van der Waals surface area contributed by atoms with Crippen molar-refractivity contribution in [2.75, 3.05) is 27.4 Å². The number of carbonyl (C=O) groups is 2. The van der Waals surface area contributed by atoms with Crippen LogP contribution in [-0.4, -0.2) is 54.8 Å². The number of benzene rings is 4. The molecule has 0 aliphatic carbocycles. The molecule has 0 fully saturated rings. The summed E-state index contributed by atoms with van der Waals surface area (Å²) in [6, 6.07) is 30.9. The summed E-state index contributed by atoms with van der Waals surface area (Å²) in [7, 11) is 3.31. The van der Waals surface area contributed by atoms with Crippen molar-refractivity contribution < 1.29 is 23.8 Å². The SMILES string of the molecule is COc1ccc(C2=NC(=C(c3ccc(-c4ccc(OC)cc4)[nH]3)c3c(C)cc(OCCN4C(=O)c5ccccc5C4=O)cc3C)C=C2)cc1. The molecular formula is C41H35N3O5. The summed E-state index contributed by atoms with van der Waals surface area (Å²) in [5, 5.41) is 0. The van der Waals surface area contributed by atoms with Crippen molar-refractivity contribution in [3.63, 3.8) is 0 Å². The minimum absolute atomic E-state index is 0.158. The van der Waals surface area contributed by atoms with Crippen molar-refractivity contribution in [3.8, 4) is 28.5 Å². The lowest BCUT2D eigenvalue weighted by Crippen LogP contribution is -2.33. The van der Waals surface area contributed by atoms with Crippen LogP contribution in [0.25, 0.3) is 16.8 Å². The summed E-state index contributed by atoms with van der Waals surface area (Å²) in [6.07, 6.45) is 4.08. The van der Waals surface area contributed by atoms with Crippen LogP contribution in [0.2, 0.25) is 0 Å². The number of allylic oxidation sites excluding steroid dienone is 2. The Kier molecular flexibility index (Phi) is 8.45. The minimum atomic E-state index is -0.290. The number of hydrogen-bond acceptors (Lipinski definition) is 6. The van der Waals surface area contributed by atoms with Gasteiger partial charge in [-0.3, -0.25) is 14.5 Å². The van der Waals surface area contributed by atoms with E-state index in [2.05, 4.69) is 31.0 Å². The van der Waals surface area contributed by atoms with Crippen molar-refractivity contribution in [1.82, 2.24) is 9.88 Å². The second-order valence-corrected chi connectivity index (χ2v) is 11.9. The molecule has 0 atom stereocenters. The van der Waals surface area contributed by atoms with Gasteiger partial charge in [-0.1, -0.05) is 12.1 Å². The zero-order valence-corrected chi connectivity index (χ0v) is 27.7. The van der Waals surface area contributed by atoms with Crippen molar-refractivity contribution in [2.45, 2.75) is 13.8 Å². The van der Waals surface area contributed by atoms with Crippen LogP contribution >= 0.6 is 0 Å². The highest BCUT2D eigenvalue weighted by Gasteiger charge is 2.34. The Balaban J connectivity index is 1.20. The lowest BCUT2D eigenvalue weighted by Gasteiger charge is -2.18. The van der Waals surface area contributed by atoms with Crippen LogP contribution in [0.1, 0.15) is 48.7 Å². The Morgan fingerprint density at radius 3 is 1.90 bits per heavy atom. The summed E-state index contributed by atoms with van der Waals surface area (Å²) in [5.74, 6) is 1.67. The Hall–Kier alpha value is -6.15. The molecule has 0 unspecified atom stereocenters. The average molecular weight is 650 g/mol. The predicted octanol–water partition coefficient (Wildman–Crippen LogP) is 7.81. The normalized spacial score (nSPS) is 14.6. The molecule has 0 bridgehead atoms. The lowest BCUT2D eigenvalue weighted by molar-refractivity contribution is 0.0631. The number of carbonyl (C=O) groups excluding carboxylic acids is 2. The topological polar surface area (TPSA) is 93.2 Å². The van der Waals surface area contributed by atoms with E-state index < -0.39 is 0 Å². The van der Waals surface area contributed by atoms with Crippen LogP contribution in [0, 0.1) is 13.8 Å². The number of ether oxygens (including phenoxy) is 3. The van der Waals surface area contributed by atoms with Gasteiger partial charge >= 0.3 is 0 Å². The maximum atomic E-state index is 12.8. The summed E-state index contributed by atoms with van der Waals surface area (Å²) in [6.45, 7) is 4.45. The smallest absolute Gasteiger partial charge is 0.261 e. The number of rotatable bonds is 10. The van der Waals surface area contributed by atoms with E-state index in [1.807, 2.05) is 72.8 Å². The number of aryl methyl sites for hydroxylation is 2. The van der Waals surface area contributed by atoms with Gasteiger partial charge in [0.05, 0.1) is 43.3 Å². The van der Waals surface area contributed by atoms with Crippen LogP contribution in [0.5, 0.6) is 17.2 Å². The lowest BCUT2D eigenvalue weighted by atomic mass is 9.92. The van der Waals surface area contributed by atoms with E-state index in [0.717, 1.165) is 67.7 Å². The molecule has 2 amide bonds. The molecule has 244 valence electrons. The molecular weight excluding hydrogens is 614 g/mol. The first-order chi connectivity index (χ1) is 23.8. The number of nitrogens with zero attached hydrogens (tertiary/aromatic N) is 2. The van der Waals surface area contributed by atoms with Crippen LogP contribution in [0.4, 0.5) is 0 Å². The van der Waals surface area contributed by atoms with E-state index in [0.29, 0.717) is 16.9 Å². The van der Waals surface area contributed by atoms with E-state index in [9.17, 15) is 9.59 Å². The fourth-order valence-corrected chi connectivity index (χ4v) is 6.40. The van der Waals surface area contributed by atoms with Gasteiger partial charge in [0.2, 0.25) is 0 Å². The molecule has 2 aliphatic heterocycles. The number of H-pyrrole nitrogens is 1. The number of hydrogen-bond donors (Lipinski definition) is 1. The van der Waals surface area contributed by atoms with E-state index in [-0.39, 0.29) is 25.0 Å². The second-order valence-electron chi connectivity index (χ2n) is 11.9. The monoisotopic (exact) mass is 649 g/mol. The number of aliphatic imine (C=N–C) groups is 1. The summed E-state index contributed by atoms with van der Waals surface area (Å²) < 4.78 is 16.8. The first-order valence-corrected chi connectivity index (χ1v) is 16.0. The van der Waals surface area contributed by atoms with E-state index in [1.54, 1.807) is 38.5 Å². The molecule has 1 aromatic heterocycles.